The first-order valence-corrected chi connectivity index (χ1v) is 12.7. The Labute approximate surface area is 200 Å². The molecule has 0 radical (unpaired) electrons. The number of sulfonamides is 1. The molecule has 178 valence electrons. The minimum atomic E-state index is -3.91. The third kappa shape index (κ3) is 6.39. The highest BCUT2D eigenvalue weighted by atomic mass is 35.5. The Hall–Kier alpha value is -2.31. The quantitative estimate of drug-likeness (QED) is 0.554. The molecule has 1 aromatic carbocycles. The minimum Gasteiger partial charge on any atom is -0.383 e. The second-order valence-electron chi connectivity index (χ2n) is 7.32. The van der Waals surface area contributed by atoms with Crippen LogP contribution in [0.3, 0.4) is 0 Å². The van der Waals surface area contributed by atoms with E-state index in [2.05, 4.69) is 4.72 Å². The minimum absolute atomic E-state index is 0.0124. The Morgan fingerprint density at radius 1 is 1.39 bits per heavy atom. The molecular formula is C21H23ClFN3O5S2. The first kappa shape index (κ1) is 25.3. The Morgan fingerprint density at radius 3 is 2.79 bits per heavy atom. The highest BCUT2D eigenvalue weighted by Crippen LogP contribution is 2.27. The average molecular weight is 516 g/mol. The smallest absolute Gasteiger partial charge is 0.253 e. The van der Waals surface area contributed by atoms with Crippen LogP contribution in [0.4, 0.5) is 10.1 Å². The van der Waals surface area contributed by atoms with Crippen LogP contribution in [-0.4, -0.2) is 65.0 Å². The van der Waals surface area contributed by atoms with Crippen LogP contribution in [0, 0.1) is 5.82 Å². The van der Waals surface area contributed by atoms with Crippen molar-refractivity contribution in [2.75, 3.05) is 38.8 Å². The number of likely N-dealkylation sites (N-methyl/N-ethyl adjacent to an activating group) is 1. The van der Waals surface area contributed by atoms with E-state index in [1.54, 1.807) is 19.2 Å². The Kier molecular flexibility index (Phi) is 8.24. The van der Waals surface area contributed by atoms with E-state index in [-0.39, 0.29) is 30.1 Å². The molecule has 0 aliphatic carbocycles. The van der Waals surface area contributed by atoms with Gasteiger partial charge in [-0.3, -0.25) is 9.59 Å². The number of nitrogens with one attached hydrogen (secondary N) is 1. The molecule has 2 heterocycles. The molecule has 1 saturated heterocycles. The molecule has 1 aromatic heterocycles. The lowest BCUT2D eigenvalue weighted by Crippen LogP contribution is -2.41. The number of methoxy groups -OCH3 is 1. The third-order valence-corrected chi connectivity index (χ3v) is 7.28. The molecule has 1 atom stereocenters. The second-order valence-corrected chi connectivity index (χ2v) is 10.7. The van der Waals surface area contributed by atoms with Gasteiger partial charge in [0.15, 0.2) is 0 Å². The number of thiophene rings is 1. The molecule has 0 spiro atoms. The number of hydrogen-bond donors (Lipinski definition) is 1. The lowest BCUT2D eigenvalue weighted by Gasteiger charge is -2.20. The summed E-state index contributed by atoms with van der Waals surface area (Å²) in [6.07, 6.45) is 1.56. The van der Waals surface area contributed by atoms with E-state index < -0.39 is 27.8 Å². The average Bonchev–Trinajstić information content (AvgIpc) is 3.35. The van der Waals surface area contributed by atoms with Crippen molar-refractivity contribution in [1.82, 2.24) is 9.62 Å². The topological polar surface area (TPSA) is 96.0 Å². The summed E-state index contributed by atoms with van der Waals surface area (Å²) >= 11 is 7.05. The zero-order valence-electron chi connectivity index (χ0n) is 18.0. The van der Waals surface area contributed by atoms with Gasteiger partial charge in [0, 0.05) is 43.1 Å². The summed E-state index contributed by atoms with van der Waals surface area (Å²) in [5.41, 5.74) is 0.124. The van der Waals surface area contributed by atoms with Crippen molar-refractivity contribution >= 4 is 56.5 Å². The summed E-state index contributed by atoms with van der Waals surface area (Å²) < 4.78 is 47.3. The van der Waals surface area contributed by atoms with E-state index in [1.165, 1.54) is 46.5 Å². The number of halogens is 2. The van der Waals surface area contributed by atoms with Crippen molar-refractivity contribution in [3.8, 4) is 0 Å². The fourth-order valence-electron chi connectivity index (χ4n) is 3.25. The van der Waals surface area contributed by atoms with Crippen LogP contribution in [0.2, 0.25) is 4.34 Å². The van der Waals surface area contributed by atoms with Crippen molar-refractivity contribution in [2.24, 2.45) is 0 Å². The van der Waals surface area contributed by atoms with Crippen molar-refractivity contribution in [3.05, 3.63) is 56.3 Å². The molecule has 1 aliphatic heterocycles. The van der Waals surface area contributed by atoms with Crippen molar-refractivity contribution in [2.45, 2.75) is 12.5 Å². The van der Waals surface area contributed by atoms with Crippen LogP contribution < -0.4 is 9.62 Å². The summed E-state index contributed by atoms with van der Waals surface area (Å²) in [6.45, 7) is 0.825. The highest BCUT2D eigenvalue weighted by molar-refractivity contribution is 7.92. The molecular weight excluding hydrogens is 493 g/mol. The van der Waals surface area contributed by atoms with E-state index in [0.717, 1.165) is 11.5 Å². The van der Waals surface area contributed by atoms with E-state index in [1.807, 2.05) is 0 Å². The van der Waals surface area contributed by atoms with Crippen LogP contribution in [0.1, 0.15) is 21.7 Å². The zero-order chi connectivity index (χ0) is 24.2. The van der Waals surface area contributed by atoms with Crippen molar-refractivity contribution in [1.29, 1.82) is 0 Å². The molecule has 2 amide bonds. The third-order valence-electron chi connectivity index (χ3n) is 4.98. The summed E-state index contributed by atoms with van der Waals surface area (Å²) in [5.74, 6) is -1.69. The van der Waals surface area contributed by atoms with Gasteiger partial charge < -0.3 is 14.5 Å². The predicted octanol–water partition coefficient (Wildman–Crippen LogP) is 2.95. The molecule has 12 heteroatoms. The fraction of sp³-hybridized carbons (Fsp3) is 0.333. The summed E-state index contributed by atoms with van der Waals surface area (Å²) in [5, 5.41) is 0.964. The Balaban J connectivity index is 1.67. The molecule has 1 fully saturated rings. The van der Waals surface area contributed by atoms with E-state index >= 15 is 0 Å². The van der Waals surface area contributed by atoms with Crippen LogP contribution in [-0.2, 0) is 19.6 Å². The van der Waals surface area contributed by atoms with Crippen LogP contribution in [0.5, 0.6) is 0 Å². The van der Waals surface area contributed by atoms with Crippen molar-refractivity contribution < 1.29 is 27.1 Å². The predicted molar refractivity (Wildman–Crippen MR) is 126 cm³/mol. The molecule has 1 N–H and O–H groups in total. The standard InChI is InChI=1S/C21H23ClFN3O5S2/c1-25(10-11-31-2)20(27)14-3-5-18(16(23)13-14)26-9-7-17(21(26)28)24-33(29,30)12-8-15-4-6-19(22)32-15/h3-6,8,12-13,17,24H,7,9-11H2,1-2H3. The number of ether oxygens (including phenoxy) is 1. The maximum Gasteiger partial charge on any atom is 0.253 e. The number of rotatable bonds is 9. The number of amides is 2. The van der Waals surface area contributed by atoms with Gasteiger partial charge in [-0.15, -0.1) is 11.3 Å². The molecule has 3 rings (SSSR count). The highest BCUT2D eigenvalue weighted by Gasteiger charge is 2.36. The van der Waals surface area contributed by atoms with Gasteiger partial charge >= 0.3 is 0 Å². The van der Waals surface area contributed by atoms with Gasteiger partial charge in [-0.2, -0.15) is 4.72 Å². The number of carbonyl (C=O) groups is 2. The molecule has 8 nitrogen and oxygen atoms in total. The van der Waals surface area contributed by atoms with Gasteiger partial charge in [0.2, 0.25) is 15.9 Å². The van der Waals surface area contributed by atoms with Gasteiger partial charge in [-0.05, 0) is 42.8 Å². The lowest BCUT2D eigenvalue weighted by molar-refractivity contribution is -0.118. The van der Waals surface area contributed by atoms with Crippen LogP contribution in [0.15, 0.2) is 35.7 Å². The number of nitrogens with zero attached hydrogens (tertiary/aromatic N) is 2. The van der Waals surface area contributed by atoms with Crippen molar-refractivity contribution in [3.63, 3.8) is 0 Å². The van der Waals surface area contributed by atoms with Gasteiger partial charge in [-0.25, -0.2) is 12.8 Å². The maximum absolute atomic E-state index is 14.8. The molecule has 33 heavy (non-hydrogen) atoms. The SMILES string of the molecule is COCCN(C)C(=O)c1ccc(N2CCC(NS(=O)(=O)C=Cc3ccc(Cl)s3)C2=O)c(F)c1. The monoisotopic (exact) mass is 515 g/mol. The largest absolute Gasteiger partial charge is 0.383 e. The molecule has 0 bridgehead atoms. The van der Waals surface area contributed by atoms with Crippen LogP contribution in [0.25, 0.3) is 6.08 Å². The normalized spacial score (nSPS) is 16.7. The van der Waals surface area contributed by atoms with Gasteiger partial charge in [0.05, 0.1) is 16.6 Å². The second kappa shape index (κ2) is 10.7. The molecule has 1 unspecified atom stereocenters. The lowest BCUT2D eigenvalue weighted by atomic mass is 10.1. The van der Waals surface area contributed by atoms with Gasteiger partial charge in [0.25, 0.3) is 5.91 Å². The first-order valence-electron chi connectivity index (χ1n) is 9.92. The van der Waals surface area contributed by atoms with E-state index in [4.69, 9.17) is 16.3 Å². The summed E-state index contributed by atoms with van der Waals surface area (Å²) in [4.78, 5) is 28.4. The van der Waals surface area contributed by atoms with Gasteiger partial charge in [0.1, 0.15) is 11.9 Å². The number of anilines is 1. The first-order chi connectivity index (χ1) is 15.6. The molecule has 1 aliphatic rings. The van der Waals surface area contributed by atoms with Crippen LogP contribution >= 0.6 is 22.9 Å². The number of benzene rings is 1. The fourth-order valence-corrected chi connectivity index (χ4v) is 5.32. The maximum atomic E-state index is 14.8. The summed E-state index contributed by atoms with van der Waals surface area (Å²) in [7, 11) is -0.811. The van der Waals surface area contributed by atoms with E-state index in [0.29, 0.717) is 22.4 Å². The Morgan fingerprint density at radius 2 is 2.15 bits per heavy atom. The Bertz CT molecular complexity index is 1170. The summed E-state index contributed by atoms with van der Waals surface area (Å²) in [6, 6.07) is 6.16. The number of carbonyl (C=O) groups excluding carboxylic acids is 2. The molecule has 2 aromatic rings. The number of hydrogen-bond acceptors (Lipinski definition) is 6. The van der Waals surface area contributed by atoms with Gasteiger partial charge in [-0.1, -0.05) is 11.6 Å². The zero-order valence-corrected chi connectivity index (χ0v) is 20.3. The van der Waals surface area contributed by atoms with E-state index in [9.17, 15) is 22.4 Å². The molecule has 0 saturated carbocycles.